The van der Waals surface area contributed by atoms with Gasteiger partial charge < -0.3 is 10.1 Å². The number of aryl methyl sites for hydroxylation is 2. The Labute approximate surface area is 127 Å². The quantitative estimate of drug-likeness (QED) is 0.844. The van der Waals surface area contributed by atoms with Crippen LogP contribution in [0.4, 0.5) is 0 Å². The van der Waals surface area contributed by atoms with E-state index < -0.39 is 0 Å². The maximum absolute atomic E-state index is 12.9. The first kappa shape index (κ1) is 16.0. The number of piperazine rings is 1. The molecule has 0 aromatic heterocycles. The number of carbonyl (C=O) groups is 1. The van der Waals surface area contributed by atoms with Crippen molar-refractivity contribution >= 4 is 5.78 Å². The summed E-state index contributed by atoms with van der Waals surface area (Å²) in [5, 5.41) is 3.32. The van der Waals surface area contributed by atoms with E-state index in [1.165, 1.54) is 0 Å². The number of rotatable bonds is 5. The fourth-order valence-corrected chi connectivity index (χ4v) is 3.01. The van der Waals surface area contributed by atoms with Crippen LogP contribution in [0.3, 0.4) is 0 Å². The fourth-order valence-electron chi connectivity index (χ4n) is 3.01. The third kappa shape index (κ3) is 3.63. The van der Waals surface area contributed by atoms with E-state index in [4.69, 9.17) is 4.74 Å². The number of nitrogens with one attached hydrogen (secondary N) is 1. The van der Waals surface area contributed by atoms with E-state index >= 15 is 0 Å². The SMILES string of the molecule is CCOc1cc(C)c(C(=O)C(C)N2CCNCC2)c(C)c1. The summed E-state index contributed by atoms with van der Waals surface area (Å²) in [7, 11) is 0. The maximum Gasteiger partial charge on any atom is 0.180 e. The van der Waals surface area contributed by atoms with Crippen LogP contribution in [0.5, 0.6) is 5.75 Å². The minimum atomic E-state index is -0.0672. The van der Waals surface area contributed by atoms with Crippen molar-refractivity contribution in [3.05, 3.63) is 28.8 Å². The second-order valence-electron chi connectivity index (χ2n) is 5.69. The Morgan fingerprint density at radius 1 is 1.29 bits per heavy atom. The Kier molecular flexibility index (Phi) is 5.37. The molecule has 116 valence electrons. The zero-order chi connectivity index (χ0) is 15.4. The summed E-state index contributed by atoms with van der Waals surface area (Å²) >= 11 is 0. The fraction of sp³-hybridized carbons (Fsp3) is 0.588. The van der Waals surface area contributed by atoms with Crippen molar-refractivity contribution < 1.29 is 9.53 Å². The summed E-state index contributed by atoms with van der Waals surface area (Å²) < 4.78 is 5.55. The molecule has 1 aliphatic rings. The lowest BCUT2D eigenvalue weighted by molar-refractivity contribution is 0.0819. The van der Waals surface area contributed by atoms with Crippen LogP contribution in [0.1, 0.15) is 35.3 Å². The number of ether oxygens (including phenoxy) is 1. The van der Waals surface area contributed by atoms with Gasteiger partial charge >= 0.3 is 0 Å². The number of hydrogen-bond donors (Lipinski definition) is 1. The summed E-state index contributed by atoms with van der Waals surface area (Å²) in [5.74, 6) is 1.06. The number of benzene rings is 1. The van der Waals surface area contributed by atoms with Crippen molar-refractivity contribution in [2.24, 2.45) is 0 Å². The standard InChI is InChI=1S/C17H26N2O2/c1-5-21-15-10-12(2)16(13(3)11-15)17(20)14(4)19-8-6-18-7-9-19/h10-11,14,18H,5-9H2,1-4H3. The molecule has 2 rings (SSSR count). The third-order valence-electron chi connectivity index (χ3n) is 4.14. The summed E-state index contributed by atoms with van der Waals surface area (Å²) in [6, 6.07) is 3.87. The minimum Gasteiger partial charge on any atom is -0.494 e. The van der Waals surface area contributed by atoms with Crippen molar-refractivity contribution in [3.8, 4) is 5.75 Å². The van der Waals surface area contributed by atoms with Gasteiger partial charge in [0.25, 0.3) is 0 Å². The third-order valence-corrected chi connectivity index (χ3v) is 4.14. The monoisotopic (exact) mass is 290 g/mol. The molecule has 0 saturated carbocycles. The number of ketones is 1. The smallest absolute Gasteiger partial charge is 0.180 e. The Morgan fingerprint density at radius 2 is 1.86 bits per heavy atom. The van der Waals surface area contributed by atoms with Crippen LogP contribution in [0.2, 0.25) is 0 Å². The molecule has 1 aliphatic heterocycles. The van der Waals surface area contributed by atoms with E-state index in [1.54, 1.807) is 0 Å². The molecule has 1 unspecified atom stereocenters. The average molecular weight is 290 g/mol. The van der Waals surface area contributed by atoms with Crippen molar-refractivity contribution in [1.82, 2.24) is 10.2 Å². The van der Waals surface area contributed by atoms with E-state index in [0.717, 1.165) is 48.6 Å². The van der Waals surface area contributed by atoms with Crippen LogP contribution in [-0.2, 0) is 0 Å². The van der Waals surface area contributed by atoms with Gasteiger partial charge in [0, 0.05) is 31.7 Å². The summed E-state index contributed by atoms with van der Waals surface area (Å²) in [5.41, 5.74) is 2.86. The first-order valence-corrected chi connectivity index (χ1v) is 7.77. The lowest BCUT2D eigenvalue weighted by Crippen LogP contribution is -2.50. The zero-order valence-electron chi connectivity index (χ0n) is 13.5. The highest BCUT2D eigenvalue weighted by atomic mass is 16.5. The van der Waals surface area contributed by atoms with E-state index in [9.17, 15) is 4.79 Å². The van der Waals surface area contributed by atoms with Gasteiger partial charge in [-0.25, -0.2) is 0 Å². The molecule has 1 heterocycles. The molecule has 0 spiro atoms. The number of Topliss-reactive ketones (excluding diaryl/α,β-unsaturated/α-hetero) is 1. The van der Waals surface area contributed by atoms with Gasteiger partial charge in [-0.2, -0.15) is 0 Å². The van der Waals surface area contributed by atoms with E-state index in [-0.39, 0.29) is 11.8 Å². The van der Waals surface area contributed by atoms with Crippen LogP contribution in [0.25, 0.3) is 0 Å². The number of carbonyl (C=O) groups excluding carboxylic acids is 1. The molecule has 1 fully saturated rings. The van der Waals surface area contributed by atoms with Gasteiger partial charge in [-0.1, -0.05) is 0 Å². The molecule has 4 heteroatoms. The van der Waals surface area contributed by atoms with Crippen LogP contribution < -0.4 is 10.1 Å². The molecule has 0 amide bonds. The maximum atomic E-state index is 12.9. The molecular weight excluding hydrogens is 264 g/mol. The molecule has 1 aromatic carbocycles. The normalized spacial score (nSPS) is 17.5. The van der Waals surface area contributed by atoms with E-state index in [2.05, 4.69) is 10.2 Å². The molecule has 1 N–H and O–H groups in total. The predicted octanol–water partition coefficient (Wildman–Crippen LogP) is 2.18. The van der Waals surface area contributed by atoms with Gasteiger partial charge in [0.1, 0.15) is 5.75 Å². The van der Waals surface area contributed by atoms with Crippen LogP contribution >= 0.6 is 0 Å². The molecule has 0 radical (unpaired) electrons. The topological polar surface area (TPSA) is 41.6 Å². The lowest BCUT2D eigenvalue weighted by Gasteiger charge is -2.32. The molecular formula is C17H26N2O2. The van der Waals surface area contributed by atoms with Crippen LogP contribution in [0, 0.1) is 13.8 Å². The van der Waals surface area contributed by atoms with Crippen molar-refractivity contribution in [2.45, 2.75) is 33.7 Å². The molecule has 4 nitrogen and oxygen atoms in total. The van der Waals surface area contributed by atoms with Gasteiger partial charge in [0.2, 0.25) is 0 Å². The van der Waals surface area contributed by atoms with Crippen molar-refractivity contribution in [3.63, 3.8) is 0 Å². The Balaban J connectivity index is 2.21. The highest BCUT2D eigenvalue weighted by molar-refractivity contribution is 6.02. The first-order chi connectivity index (χ1) is 10.0. The summed E-state index contributed by atoms with van der Waals surface area (Å²) in [6.07, 6.45) is 0. The molecule has 1 atom stereocenters. The van der Waals surface area contributed by atoms with Gasteiger partial charge in [-0.15, -0.1) is 0 Å². The molecule has 1 aromatic rings. The van der Waals surface area contributed by atoms with Crippen molar-refractivity contribution in [1.29, 1.82) is 0 Å². The second-order valence-corrected chi connectivity index (χ2v) is 5.69. The Morgan fingerprint density at radius 3 is 2.38 bits per heavy atom. The molecule has 1 saturated heterocycles. The van der Waals surface area contributed by atoms with Crippen LogP contribution in [0.15, 0.2) is 12.1 Å². The minimum absolute atomic E-state index is 0.0672. The highest BCUT2D eigenvalue weighted by Gasteiger charge is 2.26. The van der Waals surface area contributed by atoms with Gasteiger partial charge in [0.05, 0.1) is 12.6 Å². The molecule has 0 aliphatic carbocycles. The predicted molar refractivity (Wildman–Crippen MR) is 85.3 cm³/mol. The van der Waals surface area contributed by atoms with Gasteiger partial charge in [-0.05, 0) is 51.0 Å². The van der Waals surface area contributed by atoms with Crippen molar-refractivity contribution in [2.75, 3.05) is 32.8 Å². The molecule has 21 heavy (non-hydrogen) atoms. The largest absolute Gasteiger partial charge is 0.494 e. The number of hydrogen-bond acceptors (Lipinski definition) is 4. The second kappa shape index (κ2) is 7.05. The lowest BCUT2D eigenvalue weighted by atomic mass is 9.94. The van der Waals surface area contributed by atoms with Crippen LogP contribution in [-0.4, -0.2) is 49.5 Å². The Bertz CT molecular complexity index is 485. The zero-order valence-corrected chi connectivity index (χ0v) is 13.5. The summed E-state index contributed by atoms with van der Waals surface area (Å²) in [4.78, 5) is 15.1. The van der Waals surface area contributed by atoms with Gasteiger partial charge in [-0.3, -0.25) is 9.69 Å². The average Bonchev–Trinajstić information content (AvgIpc) is 2.47. The molecule has 0 bridgehead atoms. The van der Waals surface area contributed by atoms with E-state index in [1.807, 2.05) is 39.8 Å². The Hall–Kier alpha value is -1.39. The summed E-state index contributed by atoms with van der Waals surface area (Å²) in [6.45, 7) is 12.4. The first-order valence-electron chi connectivity index (χ1n) is 7.77. The number of nitrogens with zero attached hydrogens (tertiary/aromatic N) is 1. The van der Waals surface area contributed by atoms with E-state index in [0.29, 0.717) is 6.61 Å². The highest BCUT2D eigenvalue weighted by Crippen LogP contribution is 2.24. The van der Waals surface area contributed by atoms with Gasteiger partial charge in [0.15, 0.2) is 5.78 Å².